The Kier molecular flexibility index (Phi) is 5.89. The number of oxazole rings is 1. The van der Waals surface area contributed by atoms with Gasteiger partial charge in [0.1, 0.15) is 0 Å². The number of benzene rings is 1. The Labute approximate surface area is 129 Å². The van der Waals surface area contributed by atoms with E-state index in [1.165, 1.54) is 0 Å². The zero-order valence-corrected chi connectivity index (χ0v) is 13.0. The minimum atomic E-state index is 0.519. The molecule has 1 N–H and O–H groups in total. The van der Waals surface area contributed by atoms with Crippen molar-refractivity contribution in [3.63, 3.8) is 0 Å². The second kappa shape index (κ2) is 7.67. The molecular formula is C15H18Cl2N2O. The lowest BCUT2D eigenvalue weighted by atomic mass is 10.2. The first-order chi connectivity index (χ1) is 9.70. The van der Waals surface area contributed by atoms with Gasteiger partial charge in [-0.1, -0.05) is 30.1 Å². The summed E-state index contributed by atoms with van der Waals surface area (Å²) >= 11 is 11.9. The average molecular weight is 313 g/mol. The Morgan fingerprint density at radius 1 is 1.20 bits per heavy atom. The van der Waals surface area contributed by atoms with Gasteiger partial charge >= 0.3 is 0 Å². The smallest absolute Gasteiger partial charge is 0.194 e. The first kappa shape index (κ1) is 15.4. The van der Waals surface area contributed by atoms with Crippen molar-refractivity contribution in [1.82, 2.24) is 10.3 Å². The lowest BCUT2D eigenvalue weighted by Gasteiger charge is -2.01. The van der Waals surface area contributed by atoms with E-state index in [4.69, 9.17) is 27.6 Å². The number of aromatic nitrogens is 1. The van der Waals surface area contributed by atoms with Gasteiger partial charge in [0.2, 0.25) is 0 Å². The minimum absolute atomic E-state index is 0.519. The average Bonchev–Trinajstić information content (AvgIpc) is 2.90. The molecular weight excluding hydrogens is 295 g/mol. The molecule has 0 unspecified atom stereocenters. The molecule has 0 bridgehead atoms. The Balaban J connectivity index is 1.93. The Hall–Kier alpha value is -1.03. The van der Waals surface area contributed by atoms with Crippen molar-refractivity contribution in [3.8, 4) is 11.3 Å². The molecule has 0 aliphatic carbocycles. The van der Waals surface area contributed by atoms with Crippen LogP contribution >= 0.6 is 23.2 Å². The second-order valence-corrected chi connectivity index (χ2v) is 5.42. The summed E-state index contributed by atoms with van der Waals surface area (Å²) < 4.78 is 5.73. The summed E-state index contributed by atoms with van der Waals surface area (Å²) in [6.07, 6.45) is 4.73. The van der Waals surface area contributed by atoms with Gasteiger partial charge in [-0.2, -0.15) is 0 Å². The van der Waals surface area contributed by atoms with Crippen molar-refractivity contribution >= 4 is 23.2 Å². The van der Waals surface area contributed by atoms with Gasteiger partial charge in [-0.3, -0.25) is 0 Å². The van der Waals surface area contributed by atoms with Crippen LogP contribution in [0.15, 0.2) is 28.8 Å². The van der Waals surface area contributed by atoms with E-state index in [1.807, 2.05) is 6.07 Å². The SMILES string of the molecule is CCCNCCCc1ncc(-c2ccc(Cl)c(Cl)c2)o1. The minimum Gasteiger partial charge on any atom is -0.441 e. The van der Waals surface area contributed by atoms with E-state index >= 15 is 0 Å². The number of rotatable bonds is 7. The van der Waals surface area contributed by atoms with Crippen LogP contribution in [0.2, 0.25) is 10.0 Å². The maximum absolute atomic E-state index is 6.00. The van der Waals surface area contributed by atoms with E-state index in [9.17, 15) is 0 Å². The molecule has 0 spiro atoms. The molecule has 0 aliphatic heterocycles. The molecule has 1 aromatic carbocycles. The number of nitrogens with zero attached hydrogens (tertiary/aromatic N) is 1. The van der Waals surface area contributed by atoms with E-state index in [0.29, 0.717) is 10.0 Å². The molecule has 0 amide bonds. The van der Waals surface area contributed by atoms with E-state index in [0.717, 1.165) is 49.6 Å². The number of nitrogens with one attached hydrogen (secondary N) is 1. The zero-order chi connectivity index (χ0) is 14.4. The Bertz CT molecular complexity index is 555. The Morgan fingerprint density at radius 2 is 2.05 bits per heavy atom. The van der Waals surface area contributed by atoms with Crippen molar-refractivity contribution in [2.45, 2.75) is 26.2 Å². The van der Waals surface area contributed by atoms with Crippen molar-refractivity contribution in [2.24, 2.45) is 0 Å². The predicted molar refractivity (Wildman–Crippen MR) is 83.4 cm³/mol. The fraction of sp³-hybridized carbons (Fsp3) is 0.400. The summed E-state index contributed by atoms with van der Waals surface area (Å²) in [4.78, 5) is 4.29. The highest BCUT2D eigenvalue weighted by Gasteiger charge is 2.08. The topological polar surface area (TPSA) is 38.1 Å². The van der Waals surface area contributed by atoms with Crippen LogP contribution in [-0.4, -0.2) is 18.1 Å². The van der Waals surface area contributed by atoms with Crippen molar-refractivity contribution in [2.75, 3.05) is 13.1 Å². The summed E-state index contributed by atoms with van der Waals surface area (Å²) in [6.45, 7) is 4.20. The van der Waals surface area contributed by atoms with Gasteiger partial charge in [-0.15, -0.1) is 0 Å². The summed E-state index contributed by atoms with van der Waals surface area (Å²) in [5, 5.41) is 4.41. The standard InChI is InChI=1S/C15H18Cl2N2O/c1-2-7-18-8-3-4-15-19-10-14(20-15)11-5-6-12(16)13(17)9-11/h5-6,9-10,18H,2-4,7-8H2,1H3. The third-order valence-corrected chi connectivity index (χ3v) is 3.67. The molecule has 0 aliphatic rings. The van der Waals surface area contributed by atoms with E-state index in [2.05, 4.69) is 17.2 Å². The third kappa shape index (κ3) is 4.23. The molecule has 5 heteroatoms. The monoisotopic (exact) mass is 312 g/mol. The van der Waals surface area contributed by atoms with Gasteiger partial charge in [-0.25, -0.2) is 4.98 Å². The second-order valence-electron chi connectivity index (χ2n) is 4.60. The maximum atomic E-state index is 6.00. The first-order valence-electron chi connectivity index (χ1n) is 6.81. The van der Waals surface area contributed by atoms with Crippen LogP contribution in [0.1, 0.15) is 25.7 Å². The highest BCUT2D eigenvalue weighted by molar-refractivity contribution is 6.42. The lowest BCUT2D eigenvalue weighted by molar-refractivity contribution is 0.491. The fourth-order valence-electron chi connectivity index (χ4n) is 1.88. The molecule has 2 rings (SSSR count). The molecule has 0 saturated heterocycles. The Morgan fingerprint density at radius 3 is 2.80 bits per heavy atom. The van der Waals surface area contributed by atoms with Crippen LogP contribution in [0.5, 0.6) is 0 Å². The van der Waals surface area contributed by atoms with Crippen molar-refractivity contribution < 1.29 is 4.42 Å². The summed E-state index contributed by atoms with van der Waals surface area (Å²) in [5.41, 5.74) is 0.891. The number of hydrogen-bond donors (Lipinski definition) is 1. The largest absolute Gasteiger partial charge is 0.441 e. The van der Waals surface area contributed by atoms with Crippen LogP contribution in [0, 0.1) is 0 Å². The molecule has 2 aromatic rings. The van der Waals surface area contributed by atoms with Gasteiger partial charge < -0.3 is 9.73 Å². The predicted octanol–water partition coefficient (Wildman–Crippen LogP) is 4.58. The highest BCUT2D eigenvalue weighted by atomic mass is 35.5. The molecule has 0 radical (unpaired) electrons. The van der Waals surface area contributed by atoms with E-state index in [1.54, 1.807) is 18.3 Å². The molecule has 0 atom stereocenters. The van der Waals surface area contributed by atoms with Gasteiger partial charge in [-0.05, 0) is 44.1 Å². The summed E-state index contributed by atoms with van der Waals surface area (Å²) in [5.74, 6) is 1.48. The van der Waals surface area contributed by atoms with Gasteiger partial charge in [0, 0.05) is 12.0 Å². The number of hydrogen-bond acceptors (Lipinski definition) is 3. The van der Waals surface area contributed by atoms with Crippen LogP contribution in [0.3, 0.4) is 0 Å². The van der Waals surface area contributed by atoms with E-state index in [-0.39, 0.29) is 0 Å². The molecule has 3 nitrogen and oxygen atoms in total. The number of halogens is 2. The summed E-state index contributed by atoms with van der Waals surface area (Å²) in [6, 6.07) is 5.42. The zero-order valence-electron chi connectivity index (χ0n) is 11.5. The molecule has 20 heavy (non-hydrogen) atoms. The lowest BCUT2D eigenvalue weighted by Crippen LogP contribution is -2.16. The quantitative estimate of drug-likeness (QED) is 0.760. The van der Waals surface area contributed by atoms with Gasteiger partial charge in [0.05, 0.1) is 16.2 Å². The fourth-order valence-corrected chi connectivity index (χ4v) is 2.17. The molecule has 108 valence electrons. The molecule has 0 saturated carbocycles. The van der Waals surface area contributed by atoms with Crippen molar-refractivity contribution in [1.29, 1.82) is 0 Å². The van der Waals surface area contributed by atoms with Crippen LogP contribution < -0.4 is 5.32 Å². The van der Waals surface area contributed by atoms with Crippen LogP contribution in [-0.2, 0) is 6.42 Å². The maximum Gasteiger partial charge on any atom is 0.194 e. The van der Waals surface area contributed by atoms with Gasteiger partial charge in [0.25, 0.3) is 0 Å². The summed E-state index contributed by atoms with van der Waals surface area (Å²) in [7, 11) is 0. The normalized spacial score (nSPS) is 10.9. The van der Waals surface area contributed by atoms with Crippen LogP contribution in [0.25, 0.3) is 11.3 Å². The molecule has 0 fully saturated rings. The highest BCUT2D eigenvalue weighted by Crippen LogP contribution is 2.28. The van der Waals surface area contributed by atoms with E-state index < -0.39 is 0 Å². The first-order valence-corrected chi connectivity index (χ1v) is 7.57. The van der Waals surface area contributed by atoms with Gasteiger partial charge in [0.15, 0.2) is 11.7 Å². The third-order valence-electron chi connectivity index (χ3n) is 2.93. The molecule has 1 heterocycles. The van der Waals surface area contributed by atoms with Crippen LogP contribution in [0.4, 0.5) is 0 Å². The number of aryl methyl sites for hydroxylation is 1. The van der Waals surface area contributed by atoms with Crippen molar-refractivity contribution in [3.05, 3.63) is 40.3 Å². The molecule has 1 aromatic heterocycles.